The molecule has 4 atom stereocenters. The van der Waals surface area contributed by atoms with Gasteiger partial charge in [0, 0.05) is 6.54 Å². The highest BCUT2D eigenvalue weighted by Crippen LogP contribution is 2.34. The molecule has 1 saturated carbocycles. The van der Waals surface area contributed by atoms with Crippen molar-refractivity contribution in [1.82, 2.24) is 20.9 Å². The molecule has 0 aromatic carbocycles. The number of primary amides is 1. The van der Waals surface area contributed by atoms with Crippen LogP contribution in [0, 0.1) is 23.7 Å². The van der Waals surface area contributed by atoms with E-state index in [0.29, 0.717) is 19.4 Å². The lowest BCUT2D eigenvalue weighted by molar-refractivity contribution is -0.153. The van der Waals surface area contributed by atoms with Gasteiger partial charge in [0.15, 0.2) is 0 Å². The van der Waals surface area contributed by atoms with Crippen molar-refractivity contribution in [1.29, 1.82) is 0 Å². The molecule has 0 radical (unpaired) electrons. The van der Waals surface area contributed by atoms with Crippen LogP contribution in [0.25, 0.3) is 0 Å². The Balaban J connectivity index is 0.00000239. The number of carbonyl (C=O) groups excluding carboxylic acids is 6. The second-order valence-corrected chi connectivity index (χ2v) is 13.9. The minimum absolute atomic E-state index is 0.00207. The first-order chi connectivity index (χ1) is 20.2. The molecule has 5 N–H and O–H groups in total. The topological polar surface area (TPSA) is 177 Å². The lowest BCUT2D eigenvalue weighted by Gasteiger charge is -2.31. The fourth-order valence-corrected chi connectivity index (χ4v) is 4.31. The molecular formula is C32H59N5O7. The Labute approximate surface area is 264 Å². The van der Waals surface area contributed by atoms with E-state index >= 15 is 0 Å². The number of carbonyl (C=O) groups is 6. The maximum Gasteiger partial charge on any atom is 0.325 e. The van der Waals surface area contributed by atoms with E-state index in [1.54, 1.807) is 34.6 Å². The number of nitrogens with zero attached hydrogens (tertiary/aromatic N) is 1. The Kier molecular flexibility index (Phi) is 17.9. The van der Waals surface area contributed by atoms with Gasteiger partial charge in [-0.3, -0.25) is 24.0 Å². The van der Waals surface area contributed by atoms with Crippen LogP contribution < -0.4 is 21.7 Å². The van der Waals surface area contributed by atoms with Gasteiger partial charge in [-0.1, -0.05) is 74.7 Å². The average molecular weight is 626 g/mol. The number of nitrogens with one attached hydrogen (secondary N) is 3. The molecule has 12 heteroatoms. The number of hydrogen-bond acceptors (Lipinski definition) is 7. The van der Waals surface area contributed by atoms with E-state index in [4.69, 9.17) is 10.5 Å². The SMILES string of the molecule is CC(C)C.CC1C[C@@H](C(=O)NC(CC2CC2)C(=O)C(N)=O)N(C(=O)C(NC(=O)NCC(=O)OC(C)(C)C)C(C)C)C1.CCC. The lowest BCUT2D eigenvalue weighted by atomic mass is 10.0. The maximum atomic E-state index is 13.5. The minimum atomic E-state index is -1.11. The standard InChI is InChI=1S/C25H41N5O7.C4H10.C3H8/c1-13(2)19(29-24(36)27-11-18(31)37-25(4,5)6)23(35)30-12-14(3)9-17(30)22(34)28-16(10-15-7-8-15)20(32)21(26)33;1-4(2)3;1-3-2/h13-17,19H,7-12H2,1-6H3,(H2,26,33)(H,28,34)(H2,27,29,36);4H,1-3H3;3H2,1-2H3/t14?,16?,17-,19?;;/m0../s1. The van der Waals surface area contributed by atoms with Crippen LogP contribution in [0.5, 0.6) is 0 Å². The highest BCUT2D eigenvalue weighted by Gasteiger charge is 2.43. The molecule has 1 heterocycles. The molecule has 2 aliphatic rings. The summed E-state index contributed by atoms with van der Waals surface area (Å²) in [5.74, 6) is -2.80. The summed E-state index contributed by atoms with van der Waals surface area (Å²) < 4.78 is 5.16. The van der Waals surface area contributed by atoms with E-state index in [0.717, 1.165) is 18.8 Å². The second-order valence-electron chi connectivity index (χ2n) is 13.9. The van der Waals surface area contributed by atoms with Crippen molar-refractivity contribution in [3.05, 3.63) is 0 Å². The number of ether oxygens (including phenoxy) is 1. The molecule has 2 fully saturated rings. The van der Waals surface area contributed by atoms with Gasteiger partial charge in [0.1, 0.15) is 24.2 Å². The summed E-state index contributed by atoms with van der Waals surface area (Å²) in [5, 5.41) is 7.64. The molecule has 0 bridgehead atoms. The molecular weight excluding hydrogens is 566 g/mol. The van der Waals surface area contributed by atoms with Crippen molar-refractivity contribution in [2.45, 2.75) is 132 Å². The smallest absolute Gasteiger partial charge is 0.325 e. The first-order valence-corrected chi connectivity index (χ1v) is 15.9. The number of Topliss-reactive ketones (excluding diaryl/α,β-unsaturated/α-hetero) is 1. The van der Waals surface area contributed by atoms with Gasteiger partial charge in [-0.05, 0) is 57.3 Å². The van der Waals surface area contributed by atoms with Crippen LogP contribution in [0.1, 0.15) is 108 Å². The molecule has 1 aliphatic heterocycles. The fraction of sp³-hybridized carbons (Fsp3) is 0.812. The molecule has 1 saturated heterocycles. The largest absolute Gasteiger partial charge is 0.459 e. The van der Waals surface area contributed by atoms with Crippen LogP contribution in [0.4, 0.5) is 4.79 Å². The number of ketones is 1. The number of rotatable bonds is 11. The fourth-order valence-electron chi connectivity index (χ4n) is 4.31. The van der Waals surface area contributed by atoms with E-state index in [1.807, 2.05) is 6.92 Å². The van der Waals surface area contributed by atoms with Gasteiger partial charge in [-0.15, -0.1) is 0 Å². The van der Waals surface area contributed by atoms with Gasteiger partial charge in [0.05, 0.1) is 6.04 Å². The third-order valence-electron chi connectivity index (χ3n) is 6.27. The van der Waals surface area contributed by atoms with Gasteiger partial charge < -0.3 is 31.3 Å². The summed E-state index contributed by atoms with van der Waals surface area (Å²) in [6.07, 6.45) is 3.79. The van der Waals surface area contributed by atoms with Crippen molar-refractivity contribution in [2.75, 3.05) is 13.1 Å². The van der Waals surface area contributed by atoms with Crippen molar-refractivity contribution < 1.29 is 33.5 Å². The third kappa shape index (κ3) is 16.6. The third-order valence-corrected chi connectivity index (χ3v) is 6.27. The summed E-state index contributed by atoms with van der Waals surface area (Å²) in [4.78, 5) is 76.2. The van der Waals surface area contributed by atoms with Gasteiger partial charge in [-0.2, -0.15) is 0 Å². The van der Waals surface area contributed by atoms with Gasteiger partial charge >= 0.3 is 12.0 Å². The van der Waals surface area contributed by atoms with Crippen molar-refractivity contribution in [2.24, 2.45) is 29.4 Å². The lowest BCUT2D eigenvalue weighted by Crippen LogP contribution is -2.58. The Morgan fingerprint density at radius 1 is 0.955 bits per heavy atom. The van der Waals surface area contributed by atoms with E-state index in [9.17, 15) is 28.8 Å². The van der Waals surface area contributed by atoms with E-state index in [2.05, 4.69) is 50.6 Å². The maximum absolute atomic E-state index is 13.5. The molecule has 0 aromatic heterocycles. The molecule has 254 valence electrons. The Morgan fingerprint density at radius 3 is 1.91 bits per heavy atom. The summed E-state index contributed by atoms with van der Waals surface area (Å²) in [6, 6.07) is -3.57. The number of urea groups is 1. The Hall–Kier alpha value is -3.18. The van der Waals surface area contributed by atoms with Crippen LogP contribution in [-0.2, 0) is 28.7 Å². The van der Waals surface area contributed by atoms with Crippen LogP contribution >= 0.6 is 0 Å². The van der Waals surface area contributed by atoms with E-state index < -0.39 is 59.2 Å². The zero-order chi connectivity index (χ0) is 34.4. The van der Waals surface area contributed by atoms with Gasteiger partial charge in [-0.25, -0.2) is 4.79 Å². The highest BCUT2D eigenvalue weighted by molar-refractivity contribution is 6.37. The van der Waals surface area contributed by atoms with Crippen LogP contribution in [-0.4, -0.2) is 77.2 Å². The molecule has 0 spiro atoms. The molecule has 12 nitrogen and oxygen atoms in total. The monoisotopic (exact) mass is 625 g/mol. The number of amides is 5. The number of esters is 1. The zero-order valence-corrected chi connectivity index (χ0v) is 28.9. The highest BCUT2D eigenvalue weighted by atomic mass is 16.6. The molecule has 0 aromatic rings. The predicted octanol–water partition coefficient (Wildman–Crippen LogP) is 3.31. The van der Waals surface area contributed by atoms with Gasteiger partial charge in [0.2, 0.25) is 17.6 Å². The predicted molar refractivity (Wildman–Crippen MR) is 170 cm³/mol. The Morgan fingerprint density at radius 2 is 1.48 bits per heavy atom. The molecule has 1 aliphatic carbocycles. The van der Waals surface area contributed by atoms with Crippen molar-refractivity contribution in [3.8, 4) is 0 Å². The Bertz CT molecular complexity index is 970. The second kappa shape index (κ2) is 19.3. The van der Waals surface area contributed by atoms with Crippen LogP contribution in [0.15, 0.2) is 0 Å². The summed E-state index contributed by atoms with van der Waals surface area (Å²) >= 11 is 0. The summed E-state index contributed by atoms with van der Waals surface area (Å²) in [5.41, 5.74) is 4.47. The van der Waals surface area contributed by atoms with Crippen molar-refractivity contribution >= 4 is 35.5 Å². The van der Waals surface area contributed by atoms with Gasteiger partial charge in [0.25, 0.3) is 5.91 Å². The number of likely N-dealkylation sites (tertiary alicyclic amines) is 1. The zero-order valence-electron chi connectivity index (χ0n) is 28.9. The normalized spacial score (nSPS) is 19.0. The quantitative estimate of drug-likeness (QED) is 0.201. The molecule has 2 rings (SSSR count). The van der Waals surface area contributed by atoms with E-state index in [1.165, 1.54) is 11.3 Å². The van der Waals surface area contributed by atoms with Crippen LogP contribution in [0.2, 0.25) is 0 Å². The van der Waals surface area contributed by atoms with Crippen LogP contribution in [0.3, 0.4) is 0 Å². The molecule has 3 unspecified atom stereocenters. The number of hydrogen-bond donors (Lipinski definition) is 4. The first kappa shape index (κ1) is 40.8. The minimum Gasteiger partial charge on any atom is -0.459 e. The van der Waals surface area contributed by atoms with Crippen molar-refractivity contribution in [3.63, 3.8) is 0 Å². The average Bonchev–Trinajstić information content (AvgIpc) is 3.61. The first-order valence-electron chi connectivity index (χ1n) is 15.9. The molecule has 5 amide bonds. The number of nitrogens with two attached hydrogens (primary N) is 1. The van der Waals surface area contributed by atoms with E-state index in [-0.39, 0.29) is 24.3 Å². The summed E-state index contributed by atoms with van der Waals surface area (Å²) in [6.45, 7) is 21.2. The summed E-state index contributed by atoms with van der Waals surface area (Å²) in [7, 11) is 0. The molecule has 44 heavy (non-hydrogen) atoms.